The van der Waals surface area contributed by atoms with Crippen molar-refractivity contribution in [2.24, 2.45) is 5.41 Å². The lowest BCUT2D eigenvalue weighted by molar-refractivity contribution is -0.385. The summed E-state index contributed by atoms with van der Waals surface area (Å²) in [6, 6.07) is 5.47. The van der Waals surface area contributed by atoms with Gasteiger partial charge in [-0.05, 0) is 12.8 Å². The van der Waals surface area contributed by atoms with Crippen molar-refractivity contribution >= 4 is 17.6 Å². The number of carbonyl (C=O) groups excluding carboxylic acids is 2. The van der Waals surface area contributed by atoms with Gasteiger partial charge < -0.3 is 9.47 Å². The van der Waals surface area contributed by atoms with Gasteiger partial charge in [0.2, 0.25) is 0 Å². The molecule has 0 aliphatic carbocycles. The average molecular weight is 293 g/mol. The smallest absolute Gasteiger partial charge is 0.326 e. The maximum atomic E-state index is 12.1. The first-order chi connectivity index (χ1) is 9.94. The number of hydrogen-bond acceptors (Lipinski definition) is 6. The van der Waals surface area contributed by atoms with Crippen molar-refractivity contribution in [1.82, 2.24) is 0 Å². The standard InChI is InChI=1S/C14H15NO6/c1-3-14(4-2)12(16)20-11(21-13(14)17)9-6-5-7-10(8-9)15(18)19/h5-8,11H,3-4H2,1-2H3. The third-order valence-corrected chi connectivity index (χ3v) is 3.77. The number of carbonyl (C=O) groups is 2. The molecule has 1 fully saturated rings. The van der Waals surface area contributed by atoms with E-state index in [2.05, 4.69) is 0 Å². The SMILES string of the molecule is CCC1(CC)C(=O)OC(c2cccc([N+](=O)[O-])c2)OC1=O. The minimum atomic E-state index is -1.28. The zero-order chi connectivity index (χ0) is 15.6. The molecule has 7 nitrogen and oxygen atoms in total. The molecular weight excluding hydrogens is 278 g/mol. The molecule has 1 saturated heterocycles. The van der Waals surface area contributed by atoms with Gasteiger partial charge in [0.05, 0.1) is 4.92 Å². The van der Waals surface area contributed by atoms with Gasteiger partial charge in [0.25, 0.3) is 12.0 Å². The van der Waals surface area contributed by atoms with Crippen LogP contribution in [0.15, 0.2) is 24.3 Å². The van der Waals surface area contributed by atoms with Crippen LogP contribution in [0.2, 0.25) is 0 Å². The number of nitro benzene ring substituents is 1. The monoisotopic (exact) mass is 293 g/mol. The molecule has 1 aromatic carbocycles. The lowest BCUT2D eigenvalue weighted by Gasteiger charge is -2.35. The highest BCUT2D eigenvalue weighted by Gasteiger charge is 2.51. The van der Waals surface area contributed by atoms with E-state index in [-0.39, 0.29) is 24.1 Å². The Morgan fingerprint density at radius 1 is 1.19 bits per heavy atom. The van der Waals surface area contributed by atoms with Gasteiger partial charge in [-0.2, -0.15) is 0 Å². The number of hydrogen-bond donors (Lipinski definition) is 0. The summed E-state index contributed by atoms with van der Waals surface area (Å²) in [5, 5.41) is 10.8. The van der Waals surface area contributed by atoms with E-state index >= 15 is 0 Å². The summed E-state index contributed by atoms with van der Waals surface area (Å²) in [4.78, 5) is 34.4. The molecule has 1 aromatic rings. The van der Waals surface area contributed by atoms with E-state index in [0.29, 0.717) is 0 Å². The van der Waals surface area contributed by atoms with Crippen LogP contribution in [0, 0.1) is 15.5 Å². The number of ether oxygens (including phenoxy) is 2. The number of benzene rings is 1. The third kappa shape index (κ3) is 2.46. The molecule has 0 bridgehead atoms. The third-order valence-electron chi connectivity index (χ3n) is 3.77. The van der Waals surface area contributed by atoms with Gasteiger partial charge in [0, 0.05) is 17.7 Å². The van der Waals surface area contributed by atoms with Crippen LogP contribution in [0.25, 0.3) is 0 Å². The summed E-state index contributed by atoms with van der Waals surface area (Å²) in [6.07, 6.45) is -0.679. The average Bonchev–Trinajstić information content (AvgIpc) is 2.48. The first-order valence-corrected chi connectivity index (χ1v) is 6.61. The molecule has 1 aliphatic rings. The van der Waals surface area contributed by atoms with E-state index in [1.807, 2.05) is 0 Å². The normalized spacial score (nSPS) is 18.0. The molecule has 0 atom stereocenters. The van der Waals surface area contributed by atoms with Crippen molar-refractivity contribution in [2.75, 3.05) is 0 Å². The van der Waals surface area contributed by atoms with Crippen LogP contribution in [-0.4, -0.2) is 16.9 Å². The molecule has 2 rings (SSSR count). The van der Waals surface area contributed by atoms with Gasteiger partial charge in [0.1, 0.15) is 0 Å². The second-order valence-electron chi connectivity index (χ2n) is 4.78. The van der Waals surface area contributed by atoms with Crippen LogP contribution < -0.4 is 0 Å². The van der Waals surface area contributed by atoms with Crippen molar-refractivity contribution in [3.8, 4) is 0 Å². The van der Waals surface area contributed by atoms with Crippen LogP contribution in [0.1, 0.15) is 38.5 Å². The maximum Gasteiger partial charge on any atom is 0.326 e. The fourth-order valence-electron chi connectivity index (χ4n) is 2.28. The Morgan fingerprint density at radius 3 is 2.24 bits per heavy atom. The van der Waals surface area contributed by atoms with Crippen molar-refractivity contribution in [3.63, 3.8) is 0 Å². The van der Waals surface area contributed by atoms with Crippen molar-refractivity contribution in [1.29, 1.82) is 0 Å². The van der Waals surface area contributed by atoms with E-state index in [4.69, 9.17) is 9.47 Å². The van der Waals surface area contributed by atoms with Crippen LogP contribution in [0.4, 0.5) is 5.69 Å². The van der Waals surface area contributed by atoms with Gasteiger partial charge in [-0.25, -0.2) is 0 Å². The van der Waals surface area contributed by atoms with Crippen molar-refractivity contribution in [2.45, 2.75) is 33.0 Å². The Labute approximate surface area is 121 Å². The number of rotatable bonds is 4. The van der Waals surface area contributed by atoms with E-state index in [1.54, 1.807) is 13.8 Å². The van der Waals surface area contributed by atoms with Gasteiger partial charge in [-0.3, -0.25) is 19.7 Å². The number of nitrogens with zero attached hydrogens (tertiary/aromatic N) is 1. The van der Waals surface area contributed by atoms with Crippen LogP contribution in [0.3, 0.4) is 0 Å². The summed E-state index contributed by atoms with van der Waals surface area (Å²) >= 11 is 0. The number of cyclic esters (lactones) is 2. The van der Waals surface area contributed by atoms with E-state index in [9.17, 15) is 19.7 Å². The molecule has 0 aromatic heterocycles. The predicted octanol–water partition coefficient (Wildman–Crippen LogP) is 2.50. The highest BCUT2D eigenvalue weighted by Crippen LogP contribution is 2.39. The molecule has 0 saturated carbocycles. The molecule has 0 N–H and O–H groups in total. The first-order valence-electron chi connectivity index (χ1n) is 6.61. The Balaban J connectivity index is 2.30. The van der Waals surface area contributed by atoms with E-state index in [1.165, 1.54) is 24.3 Å². The lowest BCUT2D eigenvalue weighted by atomic mass is 9.82. The largest absolute Gasteiger partial charge is 0.420 e. The topological polar surface area (TPSA) is 95.7 Å². The highest BCUT2D eigenvalue weighted by atomic mass is 16.7. The summed E-state index contributed by atoms with van der Waals surface area (Å²) < 4.78 is 10.3. The second kappa shape index (κ2) is 5.51. The van der Waals surface area contributed by atoms with Gasteiger partial charge in [-0.1, -0.05) is 26.0 Å². The van der Waals surface area contributed by atoms with Gasteiger partial charge in [0.15, 0.2) is 5.41 Å². The van der Waals surface area contributed by atoms with E-state index < -0.39 is 28.6 Å². The quantitative estimate of drug-likeness (QED) is 0.366. The summed E-state index contributed by atoms with van der Waals surface area (Å²) in [5.74, 6) is -1.31. The molecule has 0 unspecified atom stereocenters. The summed E-state index contributed by atoms with van der Waals surface area (Å²) in [6.45, 7) is 3.42. The molecular formula is C14H15NO6. The molecule has 7 heteroatoms. The first kappa shape index (κ1) is 15.0. The fourth-order valence-corrected chi connectivity index (χ4v) is 2.28. The number of non-ortho nitro benzene ring substituents is 1. The van der Waals surface area contributed by atoms with Crippen molar-refractivity contribution in [3.05, 3.63) is 39.9 Å². The highest BCUT2D eigenvalue weighted by molar-refractivity contribution is 6.01. The van der Waals surface area contributed by atoms with Gasteiger partial charge in [-0.15, -0.1) is 0 Å². The Morgan fingerprint density at radius 2 is 1.76 bits per heavy atom. The maximum absolute atomic E-state index is 12.1. The van der Waals surface area contributed by atoms with Crippen molar-refractivity contribution < 1.29 is 24.0 Å². The zero-order valence-corrected chi connectivity index (χ0v) is 11.7. The van der Waals surface area contributed by atoms with Crippen LogP contribution >= 0.6 is 0 Å². The Hall–Kier alpha value is -2.44. The Kier molecular flexibility index (Phi) is 3.93. The minimum absolute atomic E-state index is 0.164. The number of esters is 2. The minimum Gasteiger partial charge on any atom is -0.420 e. The molecule has 0 spiro atoms. The summed E-state index contributed by atoms with van der Waals surface area (Å²) in [5.41, 5.74) is -1.19. The molecule has 1 heterocycles. The van der Waals surface area contributed by atoms with E-state index in [0.717, 1.165) is 0 Å². The second-order valence-corrected chi connectivity index (χ2v) is 4.78. The van der Waals surface area contributed by atoms with Gasteiger partial charge >= 0.3 is 11.9 Å². The molecule has 112 valence electrons. The van der Waals surface area contributed by atoms with Crippen LogP contribution in [0.5, 0.6) is 0 Å². The molecule has 0 amide bonds. The zero-order valence-electron chi connectivity index (χ0n) is 11.7. The lowest BCUT2D eigenvalue weighted by Crippen LogP contribution is -2.46. The predicted molar refractivity (Wildman–Crippen MR) is 71.0 cm³/mol. The fraction of sp³-hybridized carbons (Fsp3) is 0.429. The van der Waals surface area contributed by atoms with Crippen LogP contribution in [-0.2, 0) is 19.1 Å². The number of nitro groups is 1. The molecule has 21 heavy (non-hydrogen) atoms. The summed E-state index contributed by atoms with van der Waals surface area (Å²) in [7, 11) is 0. The Bertz CT molecular complexity index is 573. The molecule has 0 radical (unpaired) electrons. The molecule has 1 aliphatic heterocycles.